The van der Waals surface area contributed by atoms with Crippen molar-refractivity contribution in [1.82, 2.24) is 0 Å². The van der Waals surface area contributed by atoms with E-state index in [9.17, 15) is 14.4 Å². The molecule has 0 aromatic carbocycles. The molecule has 0 amide bonds. The van der Waals surface area contributed by atoms with Crippen LogP contribution in [0.15, 0.2) is 36.5 Å². The zero-order chi connectivity index (χ0) is 39.4. The van der Waals surface area contributed by atoms with E-state index in [1.165, 1.54) is 103 Å². The summed E-state index contributed by atoms with van der Waals surface area (Å²) in [4.78, 5) is 37.5. The Balaban J connectivity index is 4.21. The lowest BCUT2D eigenvalue weighted by Crippen LogP contribution is -2.30. The maximum absolute atomic E-state index is 12.7. The fourth-order valence-corrected chi connectivity index (χ4v) is 6.46. The first kappa shape index (κ1) is 51.6. The van der Waals surface area contributed by atoms with Crippen molar-refractivity contribution in [1.29, 1.82) is 0 Å². The van der Waals surface area contributed by atoms with E-state index in [2.05, 4.69) is 57.2 Å². The molecule has 6 heteroatoms. The van der Waals surface area contributed by atoms with Crippen LogP contribution in [0.2, 0.25) is 0 Å². The third kappa shape index (κ3) is 40.8. The average Bonchev–Trinajstić information content (AvgIpc) is 3.17. The van der Waals surface area contributed by atoms with Crippen molar-refractivity contribution in [2.45, 2.75) is 239 Å². The van der Waals surface area contributed by atoms with Crippen LogP contribution < -0.4 is 0 Å². The molecular formula is C48H86O6. The molecule has 0 aliphatic heterocycles. The SMILES string of the molecule is CC/C=C\C/C=C\C/C=C\CCCCCCCCCC(=O)OCC(COC(=O)CCCCCCC)OC(=O)CCCCCCCCCCCCCCCC. The van der Waals surface area contributed by atoms with Crippen molar-refractivity contribution in [2.75, 3.05) is 13.2 Å². The predicted octanol–water partition coefficient (Wildman–Crippen LogP) is 14.6. The smallest absolute Gasteiger partial charge is 0.306 e. The maximum Gasteiger partial charge on any atom is 0.306 e. The Morgan fingerprint density at radius 2 is 0.722 bits per heavy atom. The van der Waals surface area contributed by atoms with Gasteiger partial charge in [-0.15, -0.1) is 0 Å². The summed E-state index contributed by atoms with van der Waals surface area (Å²) >= 11 is 0. The minimum atomic E-state index is -0.767. The van der Waals surface area contributed by atoms with Gasteiger partial charge in [-0.25, -0.2) is 0 Å². The highest BCUT2D eigenvalue weighted by atomic mass is 16.6. The molecule has 0 saturated carbocycles. The molecule has 314 valence electrons. The molecule has 54 heavy (non-hydrogen) atoms. The summed E-state index contributed by atoms with van der Waals surface area (Å²) < 4.78 is 16.6. The number of ether oxygens (including phenoxy) is 3. The van der Waals surface area contributed by atoms with Crippen LogP contribution in [0.25, 0.3) is 0 Å². The van der Waals surface area contributed by atoms with Crippen molar-refractivity contribution in [3.8, 4) is 0 Å². The number of rotatable bonds is 41. The van der Waals surface area contributed by atoms with Gasteiger partial charge >= 0.3 is 17.9 Å². The average molecular weight is 759 g/mol. The largest absolute Gasteiger partial charge is 0.462 e. The van der Waals surface area contributed by atoms with E-state index in [1.54, 1.807) is 0 Å². The number of hydrogen-bond acceptors (Lipinski definition) is 6. The molecule has 0 spiro atoms. The summed E-state index contributed by atoms with van der Waals surface area (Å²) in [6.07, 6.45) is 48.7. The van der Waals surface area contributed by atoms with E-state index in [4.69, 9.17) is 14.2 Å². The summed E-state index contributed by atoms with van der Waals surface area (Å²) in [7, 11) is 0. The molecule has 6 nitrogen and oxygen atoms in total. The molecule has 0 bridgehead atoms. The van der Waals surface area contributed by atoms with Gasteiger partial charge in [0.25, 0.3) is 0 Å². The molecule has 0 fully saturated rings. The van der Waals surface area contributed by atoms with Crippen molar-refractivity contribution in [2.24, 2.45) is 0 Å². The van der Waals surface area contributed by atoms with Gasteiger partial charge in [0, 0.05) is 19.3 Å². The van der Waals surface area contributed by atoms with Gasteiger partial charge in [-0.1, -0.05) is 198 Å². The first-order chi connectivity index (χ1) is 26.5. The zero-order valence-corrected chi connectivity index (χ0v) is 35.7. The fraction of sp³-hybridized carbons (Fsp3) is 0.812. The second-order valence-electron chi connectivity index (χ2n) is 15.3. The second-order valence-corrected chi connectivity index (χ2v) is 15.3. The van der Waals surface area contributed by atoms with Gasteiger partial charge in [0.15, 0.2) is 6.10 Å². The lowest BCUT2D eigenvalue weighted by Gasteiger charge is -2.18. The van der Waals surface area contributed by atoms with E-state index >= 15 is 0 Å². The monoisotopic (exact) mass is 759 g/mol. The molecule has 0 aliphatic rings. The van der Waals surface area contributed by atoms with Crippen molar-refractivity contribution in [3.63, 3.8) is 0 Å². The molecule has 0 rings (SSSR count). The van der Waals surface area contributed by atoms with Gasteiger partial charge in [0.05, 0.1) is 0 Å². The molecule has 0 N–H and O–H groups in total. The highest BCUT2D eigenvalue weighted by Gasteiger charge is 2.19. The molecule has 0 aromatic rings. The number of hydrogen-bond donors (Lipinski definition) is 0. The number of carbonyl (C=O) groups excluding carboxylic acids is 3. The highest BCUT2D eigenvalue weighted by molar-refractivity contribution is 5.71. The Morgan fingerprint density at radius 1 is 0.389 bits per heavy atom. The molecule has 0 aliphatic carbocycles. The van der Waals surface area contributed by atoms with Crippen LogP contribution in [0.4, 0.5) is 0 Å². The first-order valence-corrected chi connectivity index (χ1v) is 23.0. The predicted molar refractivity (Wildman–Crippen MR) is 229 cm³/mol. The first-order valence-electron chi connectivity index (χ1n) is 23.0. The van der Waals surface area contributed by atoms with Crippen molar-refractivity contribution >= 4 is 17.9 Å². The quantitative estimate of drug-likeness (QED) is 0.0267. The van der Waals surface area contributed by atoms with Gasteiger partial charge in [-0.3, -0.25) is 14.4 Å². The van der Waals surface area contributed by atoms with Crippen LogP contribution in [-0.4, -0.2) is 37.2 Å². The van der Waals surface area contributed by atoms with Gasteiger partial charge in [-0.2, -0.15) is 0 Å². The Labute approximate surface area is 334 Å². The summed E-state index contributed by atoms with van der Waals surface area (Å²) in [5, 5.41) is 0. The minimum Gasteiger partial charge on any atom is -0.462 e. The number of esters is 3. The molecule has 0 aromatic heterocycles. The van der Waals surface area contributed by atoms with Gasteiger partial charge in [0.1, 0.15) is 13.2 Å². The van der Waals surface area contributed by atoms with Crippen LogP contribution in [0.5, 0.6) is 0 Å². The summed E-state index contributed by atoms with van der Waals surface area (Å²) in [5.74, 6) is -0.893. The van der Waals surface area contributed by atoms with Crippen LogP contribution in [0.3, 0.4) is 0 Å². The lowest BCUT2D eigenvalue weighted by molar-refractivity contribution is -0.167. The molecule has 1 atom stereocenters. The topological polar surface area (TPSA) is 78.9 Å². The molecular weight excluding hydrogens is 673 g/mol. The Bertz CT molecular complexity index is 922. The molecule has 0 radical (unpaired) electrons. The highest BCUT2D eigenvalue weighted by Crippen LogP contribution is 2.15. The van der Waals surface area contributed by atoms with Gasteiger partial charge in [0.2, 0.25) is 0 Å². The third-order valence-electron chi connectivity index (χ3n) is 9.91. The van der Waals surface area contributed by atoms with Crippen LogP contribution in [0, 0.1) is 0 Å². The van der Waals surface area contributed by atoms with Crippen LogP contribution in [0.1, 0.15) is 233 Å². The van der Waals surface area contributed by atoms with E-state index in [-0.39, 0.29) is 31.1 Å². The Hall–Kier alpha value is -2.37. The zero-order valence-electron chi connectivity index (χ0n) is 35.7. The fourth-order valence-electron chi connectivity index (χ4n) is 6.46. The summed E-state index contributed by atoms with van der Waals surface area (Å²) in [6, 6.07) is 0. The number of unbranched alkanes of at least 4 members (excludes halogenated alkanes) is 24. The standard InChI is InChI=1S/C48H86O6/c1-4-7-10-13-15-17-19-21-23-24-25-27-28-30-32-35-38-41-47(50)53-44-45(43-52-46(49)40-37-34-12-9-6-3)54-48(51)42-39-36-33-31-29-26-22-20-18-16-14-11-8-5-2/h7,10,15,17,21,23,45H,4-6,8-9,11-14,16,18-20,22,24-44H2,1-3H3/b10-7-,17-15-,23-21-. The van der Waals surface area contributed by atoms with Crippen molar-refractivity contribution in [3.05, 3.63) is 36.5 Å². The van der Waals surface area contributed by atoms with Crippen LogP contribution in [-0.2, 0) is 28.6 Å². The number of carbonyl (C=O) groups is 3. The molecule has 0 heterocycles. The minimum absolute atomic E-state index is 0.0741. The number of allylic oxidation sites excluding steroid dienone is 6. The summed E-state index contributed by atoms with van der Waals surface area (Å²) in [6.45, 7) is 6.44. The van der Waals surface area contributed by atoms with E-state index < -0.39 is 6.10 Å². The van der Waals surface area contributed by atoms with Gasteiger partial charge in [-0.05, 0) is 51.4 Å². The van der Waals surface area contributed by atoms with E-state index in [0.717, 1.165) is 89.9 Å². The third-order valence-corrected chi connectivity index (χ3v) is 9.91. The second kappa shape index (κ2) is 43.4. The Morgan fingerprint density at radius 3 is 1.13 bits per heavy atom. The van der Waals surface area contributed by atoms with Crippen LogP contribution >= 0.6 is 0 Å². The van der Waals surface area contributed by atoms with Gasteiger partial charge < -0.3 is 14.2 Å². The Kier molecular flexibility index (Phi) is 41.5. The molecule has 0 saturated heterocycles. The lowest BCUT2D eigenvalue weighted by atomic mass is 10.0. The van der Waals surface area contributed by atoms with Crippen molar-refractivity contribution < 1.29 is 28.6 Å². The van der Waals surface area contributed by atoms with E-state index in [0.29, 0.717) is 19.3 Å². The maximum atomic E-state index is 12.7. The molecule has 1 unspecified atom stereocenters. The van der Waals surface area contributed by atoms with E-state index in [1.807, 2.05) is 0 Å². The normalized spacial score (nSPS) is 12.3. The summed E-state index contributed by atoms with van der Waals surface area (Å²) in [5.41, 5.74) is 0.